The lowest BCUT2D eigenvalue weighted by Gasteiger charge is -2.39. The molecule has 1 unspecified atom stereocenters. The maximum Gasteiger partial charge on any atom is 0.416 e. The van der Waals surface area contributed by atoms with E-state index in [1.54, 1.807) is 24.3 Å². The fourth-order valence-electron chi connectivity index (χ4n) is 4.59. The summed E-state index contributed by atoms with van der Waals surface area (Å²) in [6.45, 7) is 3.45. The molecule has 2 aromatic carbocycles. The van der Waals surface area contributed by atoms with E-state index in [2.05, 4.69) is 10.2 Å². The first-order valence-electron chi connectivity index (χ1n) is 12.1. The van der Waals surface area contributed by atoms with Crippen LogP contribution in [0, 0.1) is 5.92 Å². The van der Waals surface area contributed by atoms with Crippen molar-refractivity contribution in [2.45, 2.75) is 44.2 Å². The first-order chi connectivity index (χ1) is 17.0. The van der Waals surface area contributed by atoms with Crippen LogP contribution in [0.4, 0.5) is 26.3 Å². The maximum absolute atomic E-state index is 13.3. The standard InChI is InChI=1S/C26H29F6N3O.H2/c27-25(28,29)21-14-19(15-22(16-21)26(30,31)32)17-33-24(36)23(20-4-2-1-3-5-20)35-12-10-34(11-13-35)9-8-18-6-7-18;/h1-5,14-16,18,23H,6-13,17H2,(H,33,36);1H. The molecule has 1 saturated carbocycles. The van der Waals surface area contributed by atoms with Gasteiger partial charge in [-0.05, 0) is 48.2 Å². The fraction of sp³-hybridized carbons (Fsp3) is 0.500. The molecule has 2 aliphatic rings. The second-order valence-corrected chi connectivity index (χ2v) is 9.55. The normalized spacial score (nSPS) is 18.7. The molecular formula is C26H31F6N3O. The van der Waals surface area contributed by atoms with Gasteiger partial charge in [0.15, 0.2) is 0 Å². The molecule has 1 heterocycles. The quantitative estimate of drug-likeness (QED) is 0.455. The number of nitrogens with zero attached hydrogens (tertiary/aromatic N) is 2. The summed E-state index contributed by atoms with van der Waals surface area (Å²) in [5, 5.41) is 2.58. The SMILES string of the molecule is O=C(NCc1cc(C(F)(F)F)cc(C(F)(F)F)c1)C(c1ccccc1)N1CCN(CCC2CC2)CC1.[HH]. The molecule has 1 aliphatic carbocycles. The van der Waals surface area contributed by atoms with Crippen LogP contribution < -0.4 is 5.32 Å². The first kappa shape index (κ1) is 26.5. The number of hydrogen-bond acceptors (Lipinski definition) is 3. The Morgan fingerprint density at radius 3 is 2.03 bits per heavy atom. The Morgan fingerprint density at radius 1 is 0.917 bits per heavy atom. The van der Waals surface area contributed by atoms with Gasteiger partial charge in [0.05, 0.1) is 11.1 Å². The molecule has 10 heteroatoms. The number of carbonyl (C=O) groups is 1. The van der Waals surface area contributed by atoms with Crippen molar-refractivity contribution in [3.05, 3.63) is 70.8 Å². The van der Waals surface area contributed by atoms with E-state index < -0.39 is 42.0 Å². The molecule has 4 nitrogen and oxygen atoms in total. The van der Waals surface area contributed by atoms with Crippen molar-refractivity contribution in [1.29, 1.82) is 0 Å². The third-order valence-corrected chi connectivity index (χ3v) is 6.80. The molecular weight excluding hydrogens is 484 g/mol. The van der Waals surface area contributed by atoms with Gasteiger partial charge >= 0.3 is 12.4 Å². The lowest BCUT2D eigenvalue weighted by atomic mass is 10.0. The summed E-state index contributed by atoms with van der Waals surface area (Å²) in [4.78, 5) is 17.7. The highest BCUT2D eigenvalue weighted by molar-refractivity contribution is 5.83. The summed E-state index contributed by atoms with van der Waals surface area (Å²) in [6, 6.07) is 9.69. The highest BCUT2D eigenvalue weighted by atomic mass is 19.4. The van der Waals surface area contributed by atoms with E-state index in [0.29, 0.717) is 25.2 Å². The zero-order chi connectivity index (χ0) is 25.9. The summed E-state index contributed by atoms with van der Waals surface area (Å²) in [6.07, 6.45) is -6.10. The Morgan fingerprint density at radius 2 is 1.50 bits per heavy atom. The minimum atomic E-state index is -4.94. The third kappa shape index (κ3) is 7.00. The molecule has 198 valence electrons. The number of amides is 1. The van der Waals surface area contributed by atoms with Crippen molar-refractivity contribution >= 4 is 5.91 Å². The largest absolute Gasteiger partial charge is 0.416 e. The molecule has 1 atom stereocenters. The van der Waals surface area contributed by atoms with Crippen molar-refractivity contribution in [3.63, 3.8) is 0 Å². The molecule has 0 spiro atoms. The number of nitrogens with one attached hydrogen (secondary N) is 1. The molecule has 1 saturated heterocycles. The van der Waals surface area contributed by atoms with Crippen LogP contribution in [0.5, 0.6) is 0 Å². The predicted molar refractivity (Wildman–Crippen MR) is 125 cm³/mol. The number of halogens is 6. The minimum absolute atomic E-state index is 0. The average molecular weight is 516 g/mol. The van der Waals surface area contributed by atoms with Gasteiger partial charge in [-0.2, -0.15) is 26.3 Å². The van der Waals surface area contributed by atoms with E-state index >= 15 is 0 Å². The molecule has 1 aliphatic heterocycles. The van der Waals surface area contributed by atoms with Crippen molar-refractivity contribution < 1.29 is 32.6 Å². The molecule has 0 radical (unpaired) electrons. The molecule has 0 bridgehead atoms. The van der Waals surface area contributed by atoms with Crippen molar-refractivity contribution in [2.75, 3.05) is 32.7 Å². The Hall–Kier alpha value is -2.59. The number of carbonyl (C=O) groups excluding carboxylic acids is 1. The van der Waals surface area contributed by atoms with Crippen molar-refractivity contribution in [2.24, 2.45) is 5.92 Å². The first-order valence-corrected chi connectivity index (χ1v) is 12.1. The van der Waals surface area contributed by atoms with Gasteiger partial charge in [0, 0.05) is 34.2 Å². The van der Waals surface area contributed by atoms with Gasteiger partial charge in [0.1, 0.15) is 6.04 Å². The fourth-order valence-corrected chi connectivity index (χ4v) is 4.59. The van der Waals surface area contributed by atoms with Gasteiger partial charge in [-0.1, -0.05) is 43.2 Å². The topological polar surface area (TPSA) is 35.6 Å². The Labute approximate surface area is 207 Å². The monoisotopic (exact) mass is 515 g/mol. The van der Waals surface area contributed by atoms with Crippen LogP contribution in [0.25, 0.3) is 0 Å². The van der Waals surface area contributed by atoms with Crippen LogP contribution in [-0.2, 0) is 23.7 Å². The number of hydrogen-bond donors (Lipinski definition) is 1. The highest BCUT2D eigenvalue weighted by Gasteiger charge is 2.37. The average Bonchev–Trinajstić information content (AvgIpc) is 3.66. The van der Waals surface area contributed by atoms with Gasteiger partial charge in [0.25, 0.3) is 0 Å². The molecule has 2 aromatic rings. The minimum Gasteiger partial charge on any atom is -0.350 e. The Balaban J connectivity index is 0.00000380. The van der Waals surface area contributed by atoms with E-state index in [1.165, 1.54) is 19.3 Å². The number of piperazine rings is 1. The van der Waals surface area contributed by atoms with Gasteiger partial charge < -0.3 is 10.2 Å². The van der Waals surface area contributed by atoms with Gasteiger partial charge in [-0.25, -0.2) is 0 Å². The lowest BCUT2D eigenvalue weighted by molar-refractivity contribution is -0.143. The van der Waals surface area contributed by atoms with Crippen LogP contribution >= 0.6 is 0 Å². The third-order valence-electron chi connectivity index (χ3n) is 6.80. The highest BCUT2D eigenvalue weighted by Crippen LogP contribution is 2.36. The molecule has 2 fully saturated rings. The van der Waals surface area contributed by atoms with Crippen LogP contribution in [0.2, 0.25) is 0 Å². The molecule has 1 amide bonds. The summed E-state index contributed by atoms with van der Waals surface area (Å²) in [5.41, 5.74) is -2.34. The maximum atomic E-state index is 13.3. The number of rotatable bonds is 8. The van der Waals surface area contributed by atoms with Crippen molar-refractivity contribution in [3.8, 4) is 0 Å². The van der Waals surface area contributed by atoms with Crippen LogP contribution in [0.1, 0.15) is 49.0 Å². The smallest absolute Gasteiger partial charge is 0.350 e. The second-order valence-electron chi connectivity index (χ2n) is 9.55. The molecule has 4 rings (SSSR count). The summed E-state index contributed by atoms with van der Waals surface area (Å²) in [5.74, 6) is 0.373. The van der Waals surface area contributed by atoms with Crippen LogP contribution in [0.15, 0.2) is 48.5 Å². The van der Waals surface area contributed by atoms with Gasteiger partial charge in [-0.3, -0.25) is 9.69 Å². The predicted octanol–water partition coefficient (Wildman–Crippen LogP) is 5.75. The molecule has 36 heavy (non-hydrogen) atoms. The van der Waals surface area contributed by atoms with Gasteiger partial charge in [0.2, 0.25) is 5.91 Å². The van der Waals surface area contributed by atoms with Crippen LogP contribution in [0.3, 0.4) is 0 Å². The van der Waals surface area contributed by atoms with Crippen LogP contribution in [-0.4, -0.2) is 48.4 Å². The van der Waals surface area contributed by atoms with E-state index in [1.807, 2.05) is 11.0 Å². The summed E-state index contributed by atoms with van der Waals surface area (Å²) < 4.78 is 79.2. The lowest BCUT2D eigenvalue weighted by Crippen LogP contribution is -2.51. The Kier molecular flexibility index (Phi) is 7.94. The van der Waals surface area contributed by atoms with E-state index in [-0.39, 0.29) is 13.1 Å². The zero-order valence-corrected chi connectivity index (χ0v) is 19.7. The summed E-state index contributed by atoms with van der Waals surface area (Å²) in [7, 11) is 0. The van der Waals surface area contributed by atoms with Crippen molar-refractivity contribution in [1.82, 2.24) is 15.1 Å². The second kappa shape index (κ2) is 10.8. The molecule has 1 N–H and O–H groups in total. The molecule has 0 aromatic heterocycles. The van der Waals surface area contributed by atoms with Gasteiger partial charge in [-0.15, -0.1) is 0 Å². The van der Waals surface area contributed by atoms with E-state index in [0.717, 1.165) is 31.1 Å². The van der Waals surface area contributed by atoms with E-state index in [9.17, 15) is 31.1 Å². The zero-order valence-electron chi connectivity index (χ0n) is 19.7. The van der Waals surface area contributed by atoms with E-state index in [4.69, 9.17) is 0 Å². The Bertz CT molecular complexity index is 1000. The number of benzene rings is 2. The number of alkyl halides is 6. The summed E-state index contributed by atoms with van der Waals surface area (Å²) >= 11 is 0.